The average Bonchev–Trinajstić information content (AvgIpc) is 2.37. The molecular weight excluding hydrogens is 268 g/mol. The number of aliphatic hydroxyl groups excluding tert-OH is 1. The second kappa shape index (κ2) is 13.1. The first-order valence-electron chi connectivity index (χ1n) is 8.48. The summed E-state index contributed by atoms with van der Waals surface area (Å²) in [6, 6.07) is 0. The van der Waals surface area contributed by atoms with Gasteiger partial charge < -0.3 is 14.6 Å². The summed E-state index contributed by atoms with van der Waals surface area (Å²) in [6.07, 6.45) is 7.26. The van der Waals surface area contributed by atoms with Crippen LogP contribution in [0.2, 0.25) is 0 Å². The zero-order valence-electron chi connectivity index (χ0n) is 14.3. The first kappa shape index (κ1) is 20.4. The molecule has 0 aromatic carbocycles. The van der Waals surface area contributed by atoms with Crippen LogP contribution < -0.4 is 0 Å². The van der Waals surface area contributed by atoms with Crippen LogP contribution in [-0.2, 0) is 14.3 Å². The third-order valence-corrected chi connectivity index (χ3v) is 3.43. The molecule has 0 aromatic heterocycles. The molecular formula is C17H34O4. The van der Waals surface area contributed by atoms with Crippen LogP contribution in [0.1, 0.15) is 79.1 Å². The molecule has 126 valence electrons. The average molecular weight is 302 g/mol. The molecule has 4 heteroatoms. The van der Waals surface area contributed by atoms with Crippen molar-refractivity contribution in [3.05, 3.63) is 0 Å². The minimum Gasteiger partial charge on any atom is -0.466 e. The Morgan fingerprint density at radius 1 is 1.10 bits per heavy atom. The number of aliphatic hydroxyl groups is 1. The molecule has 0 bridgehead atoms. The number of carbonyl (C=O) groups excluding carboxylic acids is 1. The maximum Gasteiger partial charge on any atom is 0.308 e. The van der Waals surface area contributed by atoms with Crippen molar-refractivity contribution in [1.82, 2.24) is 0 Å². The summed E-state index contributed by atoms with van der Waals surface area (Å²) in [5.74, 6) is -0.194. The normalized spacial score (nSPS) is 15.5. The van der Waals surface area contributed by atoms with E-state index in [1.165, 1.54) is 25.7 Å². The topological polar surface area (TPSA) is 55.8 Å². The molecule has 0 aliphatic rings. The molecule has 4 nitrogen and oxygen atoms in total. The molecule has 0 unspecified atom stereocenters. The number of hydrogen-bond donors (Lipinski definition) is 1. The summed E-state index contributed by atoms with van der Waals surface area (Å²) >= 11 is 0. The molecule has 0 aromatic rings. The summed E-state index contributed by atoms with van der Waals surface area (Å²) < 4.78 is 10.9. The Balaban J connectivity index is 4.16. The van der Waals surface area contributed by atoms with E-state index >= 15 is 0 Å². The Bertz CT molecular complexity index is 253. The lowest BCUT2D eigenvalue weighted by atomic mass is 10.1. The minimum absolute atomic E-state index is 0.0416. The van der Waals surface area contributed by atoms with Crippen molar-refractivity contribution < 1.29 is 19.4 Å². The molecule has 0 heterocycles. The third-order valence-electron chi connectivity index (χ3n) is 3.43. The van der Waals surface area contributed by atoms with Crippen LogP contribution in [0.5, 0.6) is 0 Å². The number of carbonyl (C=O) groups is 1. The van der Waals surface area contributed by atoms with Crippen molar-refractivity contribution in [2.45, 2.75) is 97.4 Å². The first-order valence-corrected chi connectivity index (χ1v) is 8.48. The van der Waals surface area contributed by atoms with Gasteiger partial charge in [0.05, 0.1) is 31.3 Å². The Morgan fingerprint density at radius 3 is 2.33 bits per heavy atom. The minimum atomic E-state index is -0.382. The van der Waals surface area contributed by atoms with Gasteiger partial charge in [0.15, 0.2) is 0 Å². The van der Waals surface area contributed by atoms with Gasteiger partial charge in [-0.15, -0.1) is 0 Å². The van der Waals surface area contributed by atoms with Gasteiger partial charge in [0.2, 0.25) is 0 Å². The quantitative estimate of drug-likeness (QED) is 0.415. The van der Waals surface area contributed by atoms with E-state index in [9.17, 15) is 9.90 Å². The fraction of sp³-hybridized carbons (Fsp3) is 0.941. The molecule has 0 saturated heterocycles. The summed E-state index contributed by atoms with van der Waals surface area (Å²) in [5.41, 5.74) is 0. The molecule has 0 aliphatic carbocycles. The van der Waals surface area contributed by atoms with E-state index in [-0.39, 0.29) is 24.3 Å². The molecule has 0 amide bonds. The molecule has 21 heavy (non-hydrogen) atoms. The van der Waals surface area contributed by atoms with E-state index in [0.717, 1.165) is 12.8 Å². The van der Waals surface area contributed by atoms with Crippen LogP contribution in [-0.4, -0.2) is 36.0 Å². The number of esters is 1. The van der Waals surface area contributed by atoms with Gasteiger partial charge in [-0.25, -0.2) is 0 Å². The number of rotatable bonds is 13. The van der Waals surface area contributed by atoms with Gasteiger partial charge in [0.25, 0.3) is 0 Å². The van der Waals surface area contributed by atoms with Crippen molar-refractivity contribution >= 4 is 5.97 Å². The van der Waals surface area contributed by atoms with Crippen LogP contribution >= 0.6 is 0 Å². The third kappa shape index (κ3) is 12.8. The standard InChI is InChI=1S/C17H34O4/c1-5-7-8-9-10-11-16(13-17(19)20-6-2)21-15(4)12-14(3)18/h14-16,18H,5-13H2,1-4H3/t14-,15+,16-/m1/s1. The van der Waals surface area contributed by atoms with Crippen molar-refractivity contribution in [1.29, 1.82) is 0 Å². The lowest BCUT2D eigenvalue weighted by Crippen LogP contribution is -2.26. The van der Waals surface area contributed by atoms with Crippen molar-refractivity contribution in [3.63, 3.8) is 0 Å². The van der Waals surface area contributed by atoms with E-state index in [1.54, 1.807) is 6.92 Å². The lowest BCUT2D eigenvalue weighted by Gasteiger charge is -2.23. The Morgan fingerprint density at radius 2 is 1.76 bits per heavy atom. The largest absolute Gasteiger partial charge is 0.466 e. The molecule has 3 atom stereocenters. The second-order valence-corrected chi connectivity index (χ2v) is 5.87. The van der Waals surface area contributed by atoms with Gasteiger partial charge in [-0.05, 0) is 33.6 Å². The summed E-state index contributed by atoms with van der Waals surface area (Å²) in [4.78, 5) is 11.6. The number of unbranched alkanes of at least 4 members (excludes halogenated alkanes) is 4. The molecule has 0 rings (SSSR count). The molecule has 0 fully saturated rings. The number of hydrogen-bond acceptors (Lipinski definition) is 4. The Hall–Kier alpha value is -0.610. The van der Waals surface area contributed by atoms with E-state index < -0.39 is 0 Å². The summed E-state index contributed by atoms with van der Waals surface area (Å²) in [5, 5.41) is 9.40. The smallest absolute Gasteiger partial charge is 0.308 e. The van der Waals surface area contributed by atoms with Crippen LogP contribution in [0.3, 0.4) is 0 Å². The van der Waals surface area contributed by atoms with E-state index in [4.69, 9.17) is 9.47 Å². The zero-order valence-corrected chi connectivity index (χ0v) is 14.3. The monoisotopic (exact) mass is 302 g/mol. The molecule has 0 saturated carbocycles. The predicted molar refractivity (Wildman–Crippen MR) is 85.3 cm³/mol. The van der Waals surface area contributed by atoms with Crippen LogP contribution in [0.25, 0.3) is 0 Å². The van der Waals surface area contributed by atoms with Gasteiger partial charge in [0, 0.05) is 0 Å². The van der Waals surface area contributed by atoms with Crippen LogP contribution in [0.4, 0.5) is 0 Å². The van der Waals surface area contributed by atoms with E-state index in [0.29, 0.717) is 19.4 Å². The van der Waals surface area contributed by atoms with Crippen molar-refractivity contribution in [2.24, 2.45) is 0 Å². The molecule has 0 radical (unpaired) electrons. The highest BCUT2D eigenvalue weighted by Crippen LogP contribution is 2.16. The van der Waals surface area contributed by atoms with Gasteiger partial charge >= 0.3 is 5.97 Å². The Kier molecular flexibility index (Phi) is 12.7. The van der Waals surface area contributed by atoms with Crippen LogP contribution in [0, 0.1) is 0 Å². The fourth-order valence-electron chi connectivity index (χ4n) is 2.46. The maximum absolute atomic E-state index is 11.6. The first-order chi connectivity index (χ1) is 9.99. The highest BCUT2D eigenvalue weighted by molar-refractivity contribution is 5.69. The van der Waals surface area contributed by atoms with E-state index in [1.807, 2.05) is 13.8 Å². The zero-order chi connectivity index (χ0) is 16.1. The summed E-state index contributed by atoms with van der Waals surface area (Å²) in [7, 11) is 0. The Labute approximate surface area is 130 Å². The predicted octanol–water partition coefficient (Wildman–Crippen LogP) is 3.84. The van der Waals surface area contributed by atoms with Crippen molar-refractivity contribution in [2.75, 3.05) is 6.61 Å². The molecule has 1 N–H and O–H groups in total. The maximum atomic E-state index is 11.6. The lowest BCUT2D eigenvalue weighted by molar-refractivity contribution is -0.147. The van der Waals surface area contributed by atoms with Gasteiger partial charge in [0.1, 0.15) is 0 Å². The van der Waals surface area contributed by atoms with Gasteiger partial charge in [-0.3, -0.25) is 4.79 Å². The van der Waals surface area contributed by atoms with E-state index in [2.05, 4.69) is 6.92 Å². The second-order valence-electron chi connectivity index (χ2n) is 5.87. The highest BCUT2D eigenvalue weighted by atomic mass is 16.5. The van der Waals surface area contributed by atoms with Crippen LogP contribution in [0.15, 0.2) is 0 Å². The molecule has 0 aliphatic heterocycles. The summed E-state index contributed by atoms with van der Waals surface area (Å²) in [6.45, 7) is 8.12. The van der Waals surface area contributed by atoms with Crippen molar-refractivity contribution in [3.8, 4) is 0 Å². The fourth-order valence-corrected chi connectivity index (χ4v) is 2.46. The number of ether oxygens (including phenoxy) is 2. The molecule has 0 spiro atoms. The highest BCUT2D eigenvalue weighted by Gasteiger charge is 2.19. The SMILES string of the molecule is CCCCCCC[C@H](CC(=O)OCC)O[C@@H](C)C[C@@H](C)O. The van der Waals surface area contributed by atoms with Gasteiger partial charge in [-0.2, -0.15) is 0 Å². The van der Waals surface area contributed by atoms with Gasteiger partial charge in [-0.1, -0.05) is 39.0 Å².